The Kier molecular flexibility index (Phi) is 3.68. The van der Waals surface area contributed by atoms with Gasteiger partial charge in [0.25, 0.3) is 0 Å². The summed E-state index contributed by atoms with van der Waals surface area (Å²) in [5, 5.41) is 4.89. The van der Waals surface area contributed by atoms with Crippen LogP contribution >= 0.6 is 11.6 Å². The first-order valence-electron chi connectivity index (χ1n) is 5.68. The van der Waals surface area contributed by atoms with Crippen molar-refractivity contribution in [1.82, 2.24) is 9.78 Å². The molecule has 2 aromatic rings. The Morgan fingerprint density at radius 1 is 1.39 bits per heavy atom. The number of hydrogen-bond acceptors (Lipinski definition) is 2. The quantitative estimate of drug-likeness (QED) is 0.929. The Balaban J connectivity index is 2.21. The molecule has 0 amide bonds. The van der Waals surface area contributed by atoms with Crippen LogP contribution in [0.1, 0.15) is 23.0 Å². The summed E-state index contributed by atoms with van der Waals surface area (Å²) in [7, 11) is 1.84. The number of nitrogens with zero attached hydrogens (tertiary/aromatic N) is 2. The standard InChI is InChI=1S/C13H15ClFN3/c1-8-13(14)12(18(2)17-8)7-11(16)9-3-5-10(15)6-4-9/h3-6,11H,7,16H2,1-2H3. The van der Waals surface area contributed by atoms with E-state index in [2.05, 4.69) is 5.10 Å². The predicted octanol–water partition coefficient (Wildman–Crippen LogP) is 2.76. The second kappa shape index (κ2) is 5.08. The minimum Gasteiger partial charge on any atom is -0.324 e. The van der Waals surface area contributed by atoms with Gasteiger partial charge in [0.15, 0.2) is 0 Å². The normalized spacial score (nSPS) is 12.7. The molecule has 0 aliphatic carbocycles. The first-order valence-corrected chi connectivity index (χ1v) is 6.06. The highest BCUT2D eigenvalue weighted by molar-refractivity contribution is 6.31. The summed E-state index contributed by atoms with van der Waals surface area (Å²) in [6, 6.07) is 5.98. The van der Waals surface area contributed by atoms with Crippen LogP contribution in [0.15, 0.2) is 24.3 Å². The van der Waals surface area contributed by atoms with Crippen LogP contribution < -0.4 is 5.73 Å². The van der Waals surface area contributed by atoms with E-state index in [0.717, 1.165) is 17.0 Å². The summed E-state index contributed by atoms with van der Waals surface area (Å²) in [6.07, 6.45) is 0.571. The molecule has 0 saturated carbocycles. The Hall–Kier alpha value is -1.39. The Labute approximate surface area is 110 Å². The fourth-order valence-corrected chi connectivity index (χ4v) is 2.18. The van der Waals surface area contributed by atoms with E-state index in [9.17, 15) is 4.39 Å². The van der Waals surface area contributed by atoms with Crippen LogP contribution in [0.2, 0.25) is 5.02 Å². The molecule has 0 aliphatic heterocycles. The van der Waals surface area contributed by atoms with Gasteiger partial charge in [-0.25, -0.2) is 4.39 Å². The molecule has 3 nitrogen and oxygen atoms in total. The lowest BCUT2D eigenvalue weighted by atomic mass is 10.0. The van der Waals surface area contributed by atoms with Crippen molar-refractivity contribution in [1.29, 1.82) is 0 Å². The van der Waals surface area contributed by atoms with Gasteiger partial charge < -0.3 is 5.73 Å². The van der Waals surface area contributed by atoms with E-state index < -0.39 is 0 Å². The molecule has 1 heterocycles. The average molecular weight is 268 g/mol. The molecule has 1 aromatic heterocycles. The number of hydrogen-bond donors (Lipinski definition) is 1. The van der Waals surface area contributed by atoms with Crippen LogP contribution in [0.5, 0.6) is 0 Å². The second-order valence-corrected chi connectivity index (χ2v) is 4.71. The van der Waals surface area contributed by atoms with Gasteiger partial charge in [-0.05, 0) is 24.6 Å². The van der Waals surface area contributed by atoms with Crippen LogP contribution in [0.25, 0.3) is 0 Å². The van der Waals surface area contributed by atoms with Crippen molar-refractivity contribution in [3.63, 3.8) is 0 Å². The van der Waals surface area contributed by atoms with E-state index in [4.69, 9.17) is 17.3 Å². The van der Waals surface area contributed by atoms with Gasteiger partial charge in [0.2, 0.25) is 0 Å². The SMILES string of the molecule is Cc1nn(C)c(CC(N)c2ccc(F)cc2)c1Cl. The number of benzene rings is 1. The van der Waals surface area contributed by atoms with Crippen molar-refractivity contribution in [3.8, 4) is 0 Å². The lowest BCUT2D eigenvalue weighted by Crippen LogP contribution is -2.15. The molecule has 5 heteroatoms. The highest BCUT2D eigenvalue weighted by Crippen LogP contribution is 2.24. The fraction of sp³-hybridized carbons (Fsp3) is 0.308. The minimum atomic E-state index is -0.264. The third-order valence-electron chi connectivity index (χ3n) is 2.97. The van der Waals surface area contributed by atoms with Gasteiger partial charge in [-0.1, -0.05) is 23.7 Å². The van der Waals surface area contributed by atoms with Crippen molar-refractivity contribution >= 4 is 11.6 Å². The predicted molar refractivity (Wildman–Crippen MR) is 70.0 cm³/mol. The van der Waals surface area contributed by atoms with Crippen LogP contribution in [0, 0.1) is 12.7 Å². The van der Waals surface area contributed by atoms with Crippen LogP contribution in [0.4, 0.5) is 4.39 Å². The smallest absolute Gasteiger partial charge is 0.123 e. The van der Waals surface area contributed by atoms with Gasteiger partial charge in [-0.2, -0.15) is 5.10 Å². The summed E-state index contributed by atoms with van der Waals surface area (Å²) in [6.45, 7) is 1.86. The average Bonchev–Trinajstić information content (AvgIpc) is 2.57. The Morgan fingerprint density at radius 2 is 2.00 bits per heavy atom. The van der Waals surface area contributed by atoms with Gasteiger partial charge in [-0.15, -0.1) is 0 Å². The van der Waals surface area contributed by atoms with Crippen molar-refractivity contribution in [2.75, 3.05) is 0 Å². The molecule has 96 valence electrons. The molecule has 2 N–H and O–H groups in total. The maximum absolute atomic E-state index is 12.8. The van der Waals surface area contributed by atoms with Crippen LogP contribution in [0.3, 0.4) is 0 Å². The number of halogens is 2. The number of rotatable bonds is 3. The monoisotopic (exact) mass is 267 g/mol. The molecule has 0 radical (unpaired) electrons. The zero-order chi connectivity index (χ0) is 13.3. The molecular weight excluding hydrogens is 253 g/mol. The largest absolute Gasteiger partial charge is 0.324 e. The van der Waals surface area contributed by atoms with Gasteiger partial charge in [0.1, 0.15) is 5.82 Å². The summed E-state index contributed by atoms with van der Waals surface area (Å²) in [5.41, 5.74) is 8.67. The fourth-order valence-electron chi connectivity index (χ4n) is 1.94. The summed E-state index contributed by atoms with van der Waals surface area (Å²) < 4.78 is 14.6. The summed E-state index contributed by atoms with van der Waals surface area (Å²) in [5.74, 6) is -0.264. The minimum absolute atomic E-state index is 0.224. The topological polar surface area (TPSA) is 43.8 Å². The highest BCUT2D eigenvalue weighted by Gasteiger charge is 2.15. The van der Waals surface area contributed by atoms with Gasteiger partial charge in [0, 0.05) is 19.5 Å². The van der Waals surface area contributed by atoms with Gasteiger partial charge in [0.05, 0.1) is 16.4 Å². The van der Waals surface area contributed by atoms with E-state index in [1.165, 1.54) is 12.1 Å². The van der Waals surface area contributed by atoms with Crippen molar-refractivity contribution in [2.45, 2.75) is 19.4 Å². The Morgan fingerprint density at radius 3 is 2.50 bits per heavy atom. The van der Waals surface area contributed by atoms with Crippen molar-refractivity contribution in [2.24, 2.45) is 12.8 Å². The molecule has 0 aliphatic rings. The highest BCUT2D eigenvalue weighted by atomic mass is 35.5. The summed E-state index contributed by atoms with van der Waals surface area (Å²) >= 11 is 6.17. The summed E-state index contributed by atoms with van der Waals surface area (Å²) in [4.78, 5) is 0. The van der Waals surface area contributed by atoms with E-state index in [0.29, 0.717) is 11.4 Å². The second-order valence-electron chi connectivity index (χ2n) is 4.33. The maximum atomic E-state index is 12.8. The molecule has 2 rings (SSSR count). The molecular formula is C13H15ClFN3. The lowest BCUT2D eigenvalue weighted by Gasteiger charge is -2.12. The van der Waals surface area contributed by atoms with Crippen molar-refractivity contribution in [3.05, 3.63) is 52.1 Å². The number of aromatic nitrogens is 2. The first-order chi connectivity index (χ1) is 8.49. The molecule has 1 atom stereocenters. The Bertz CT molecular complexity index is 548. The first kappa shape index (κ1) is 13.1. The third-order valence-corrected chi connectivity index (χ3v) is 3.46. The lowest BCUT2D eigenvalue weighted by molar-refractivity contribution is 0.619. The molecule has 1 unspecified atom stereocenters. The molecule has 0 fully saturated rings. The van der Waals surface area contributed by atoms with E-state index in [1.54, 1.807) is 16.8 Å². The van der Waals surface area contributed by atoms with E-state index in [1.807, 2.05) is 14.0 Å². The van der Waals surface area contributed by atoms with Crippen LogP contribution in [-0.2, 0) is 13.5 Å². The molecule has 18 heavy (non-hydrogen) atoms. The maximum Gasteiger partial charge on any atom is 0.123 e. The number of aryl methyl sites for hydroxylation is 2. The molecule has 1 aromatic carbocycles. The van der Waals surface area contributed by atoms with Gasteiger partial charge >= 0.3 is 0 Å². The molecule has 0 bridgehead atoms. The molecule has 0 saturated heterocycles. The van der Waals surface area contributed by atoms with Gasteiger partial charge in [-0.3, -0.25) is 4.68 Å². The molecule has 0 spiro atoms. The number of nitrogens with two attached hydrogens (primary N) is 1. The zero-order valence-corrected chi connectivity index (χ0v) is 11.1. The third kappa shape index (κ3) is 2.54. The zero-order valence-electron chi connectivity index (χ0n) is 10.3. The van der Waals surface area contributed by atoms with Crippen molar-refractivity contribution < 1.29 is 4.39 Å². The van der Waals surface area contributed by atoms with E-state index >= 15 is 0 Å². The van der Waals surface area contributed by atoms with E-state index in [-0.39, 0.29) is 11.9 Å². The van der Waals surface area contributed by atoms with Crippen LogP contribution in [-0.4, -0.2) is 9.78 Å².